The van der Waals surface area contributed by atoms with Crippen molar-refractivity contribution in [2.45, 2.75) is 19.6 Å². The second-order valence-electron chi connectivity index (χ2n) is 3.73. The van der Waals surface area contributed by atoms with E-state index in [1.807, 2.05) is 37.3 Å². The van der Waals surface area contributed by atoms with E-state index in [0.717, 1.165) is 11.3 Å². The Labute approximate surface area is 99.7 Å². The first-order chi connectivity index (χ1) is 7.75. The molecule has 0 aliphatic heterocycles. The minimum Gasteiger partial charge on any atom is -0.488 e. The van der Waals surface area contributed by atoms with Crippen molar-refractivity contribution < 1.29 is 4.74 Å². The van der Waals surface area contributed by atoms with E-state index in [2.05, 4.69) is 11.4 Å². The molecule has 0 bridgehead atoms. The third-order valence-corrected chi connectivity index (χ3v) is 3.19. The van der Waals surface area contributed by atoms with Crippen molar-refractivity contribution in [2.24, 2.45) is 5.73 Å². The first kappa shape index (κ1) is 11.2. The number of nitrogens with two attached hydrogens (primary N) is 1. The highest BCUT2D eigenvalue weighted by molar-refractivity contribution is 7.09. The lowest BCUT2D eigenvalue weighted by atomic mass is 10.1. The van der Waals surface area contributed by atoms with Gasteiger partial charge in [0.2, 0.25) is 0 Å². The Kier molecular flexibility index (Phi) is 3.59. The number of benzene rings is 1. The Morgan fingerprint density at radius 1 is 1.31 bits per heavy atom. The molecule has 2 N–H and O–H groups in total. The number of hydrogen-bond donors (Lipinski definition) is 1. The smallest absolute Gasteiger partial charge is 0.122 e. The van der Waals surface area contributed by atoms with Crippen LogP contribution in [0.5, 0.6) is 5.75 Å². The van der Waals surface area contributed by atoms with Gasteiger partial charge in [-0.15, -0.1) is 11.3 Å². The van der Waals surface area contributed by atoms with Gasteiger partial charge >= 0.3 is 0 Å². The maximum absolute atomic E-state index is 5.82. The summed E-state index contributed by atoms with van der Waals surface area (Å²) in [4.78, 5) is 1.23. The third kappa shape index (κ3) is 2.84. The summed E-state index contributed by atoms with van der Waals surface area (Å²) < 4.78 is 5.70. The Balaban J connectivity index is 2.01. The molecule has 16 heavy (non-hydrogen) atoms. The van der Waals surface area contributed by atoms with Gasteiger partial charge in [0.15, 0.2) is 0 Å². The fraction of sp³-hybridized carbons (Fsp3) is 0.231. The van der Waals surface area contributed by atoms with Crippen LogP contribution in [-0.4, -0.2) is 0 Å². The number of thiophene rings is 1. The zero-order valence-corrected chi connectivity index (χ0v) is 10.0. The van der Waals surface area contributed by atoms with E-state index in [1.54, 1.807) is 11.3 Å². The fourth-order valence-corrected chi connectivity index (χ4v) is 2.05. The molecular weight excluding hydrogens is 218 g/mol. The Morgan fingerprint density at radius 3 is 2.88 bits per heavy atom. The quantitative estimate of drug-likeness (QED) is 0.879. The standard InChI is InChI=1S/C13H15NOS/c1-10(14)11-4-2-5-12(8-11)15-9-13-6-3-7-16-13/h2-8,10H,9,14H2,1H3/t10-/m1/s1. The lowest BCUT2D eigenvalue weighted by Crippen LogP contribution is -2.05. The van der Waals surface area contributed by atoms with Gasteiger partial charge in [0.1, 0.15) is 12.4 Å². The topological polar surface area (TPSA) is 35.2 Å². The summed E-state index contributed by atoms with van der Waals surface area (Å²) in [6.07, 6.45) is 0. The molecule has 2 rings (SSSR count). The van der Waals surface area contributed by atoms with Gasteiger partial charge in [-0.3, -0.25) is 0 Å². The van der Waals surface area contributed by atoms with Crippen molar-refractivity contribution >= 4 is 11.3 Å². The predicted octanol–water partition coefficient (Wildman–Crippen LogP) is 3.35. The molecule has 0 amide bonds. The molecule has 0 unspecified atom stereocenters. The lowest BCUT2D eigenvalue weighted by molar-refractivity contribution is 0.309. The molecular formula is C13H15NOS. The van der Waals surface area contributed by atoms with Crippen molar-refractivity contribution in [3.8, 4) is 5.75 Å². The minimum atomic E-state index is 0.0466. The molecule has 0 spiro atoms. The van der Waals surface area contributed by atoms with Crippen LogP contribution in [-0.2, 0) is 6.61 Å². The summed E-state index contributed by atoms with van der Waals surface area (Å²) in [5.74, 6) is 0.878. The molecule has 0 aliphatic carbocycles. The highest BCUT2D eigenvalue weighted by Crippen LogP contribution is 2.19. The van der Waals surface area contributed by atoms with Crippen LogP contribution in [0.4, 0.5) is 0 Å². The molecule has 84 valence electrons. The zero-order valence-electron chi connectivity index (χ0n) is 9.22. The molecule has 0 aliphatic rings. The van der Waals surface area contributed by atoms with Crippen LogP contribution in [0.25, 0.3) is 0 Å². The number of rotatable bonds is 4. The van der Waals surface area contributed by atoms with Crippen LogP contribution in [0.3, 0.4) is 0 Å². The summed E-state index contributed by atoms with van der Waals surface area (Å²) >= 11 is 1.70. The van der Waals surface area contributed by atoms with Gasteiger partial charge < -0.3 is 10.5 Å². The zero-order chi connectivity index (χ0) is 11.4. The van der Waals surface area contributed by atoms with E-state index in [1.165, 1.54) is 4.88 Å². The molecule has 1 atom stereocenters. The van der Waals surface area contributed by atoms with E-state index >= 15 is 0 Å². The van der Waals surface area contributed by atoms with Crippen LogP contribution >= 0.6 is 11.3 Å². The summed E-state index contributed by atoms with van der Waals surface area (Å²) in [5.41, 5.74) is 6.92. The van der Waals surface area contributed by atoms with Crippen molar-refractivity contribution in [1.82, 2.24) is 0 Å². The van der Waals surface area contributed by atoms with Gasteiger partial charge in [0, 0.05) is 10.9 Å². The summed E-state index contributed by atoms with van der Waals surface area (Å²) in [6, 6.07) is 12.1. The Morgan fingerprint density at radius 2 is 2.19 bits per heavy atom. The fourth-order valence-electron chi connectivity index (χ4n) is 1.44. The van der Waals surface area contributed by atoms with Crippen molar-refractivity contribution in [3.05, 3.63) is 52.2 Å². The third-order valence-electron chi connectivity index (χ3n) is 2.35. The van der Waals surface area contributed by atoms with Crippen LogP contribution in [0.1, 0.15) is 23.4 Å². The van der Waals surface area contributed by atoms with Gasteiger partial charge in [0.05, 0.1) is 0 Å². The Hall–Kier alpha value is -1.32. The molecule has 2 nitrogen and oxygen atoms in total. The van der Waals surface area contributed by atoms with Crippen molar-refractivity contribution in [1.29, 1.82) is 0 Å². The van der Waals surface area contributed by atoms with E-state index in [4.69, 9.17) is 10.5 Å². The van der Waals surface area contributed by atoms with E-state index in [-0.39, 0.29) is 6.04 Å². The maximum Gasteiger partial charge on any atom is 0.122 e. The molecule has 1 aromatic carbocycles. The normalized spacial score (nSPS) is 12.4. The second kappa shape index (κ2) is 5.14. The van der Waals surface area contributed by atoms with Crippen LogP contribution in [0.15, 0.2) is 41.8 Å². The van der Waals surface area contributed by atoms with Crippen molar-refractivity contribution in [2.75, 3.05) is 0 Å². The van der Waals surface area contributed by atoms with Crippen LogP contribution < -0.4 is 10.5 Å². The Bertz CT molecular complexity index is 437. The maximum atomic E-state index is 5.82. The highest BCUT2D eigenvalue weighted by Gasteiger charge is 2.01. The van der Waals surface area contributed by atoms with E-state index in [9.17, 15) is 0 Å². The molecule has 0 radical (unpaired) electrons. The molecule has 1 aromatic heterocycles. The largest absolute Gasteiger partial charge is 0.488 e. The molecule has 3 heteroatoms. The summed E-state index contributed by atoms with van der Waals surface area (Å²) in [6.45, 7) is 2.60. The minimum absolute atomic E-state index is 0.0466. The van der Waals surface area contributed by atoms with Crippen molar-refractivity contribution in [3.63, 3.8) is 0 Å². The summed E-state index contributed by atoms with van der Waals surface area (Å²) in [5, 5.41) is 2.05. The van der Waals surface area contributed by atoms with Gasteiger partial charge in [0.25, 0.3) is 0 Å². The first-order valence-corrected chi connectivity index (χ1v) is 6.14. The molecule has 2 aromatic rings. The highest BCUT2D eigenvalue weighted by atomic mass is 32.1. The summed E-state index contributed by atoms with van der Waals surface area (Å²) in [7, 11) is 0. The molecule has 0 saturated heterocycles. The second-order valence-corrected chi connectivity index (χ2v) is 4.76. The van der Waals surface area contributed by atoms with Gasteiger partial charge in [-0.2, -0.15) is 0 Å². The average Bonchev–Trinajstić information content (AvgIpc) is 2.79. The molecule has 0 fully saturated rings. The van der Waals surface area contributed by atoms with Gasteiger partial charge in [-0.1, -0.05) is 18.2 Å². The lowest BCUT2D eigenvalue weighted by Gasteiger charge is -2.09. The number of hydrogen-bond acceptors (Lipinski definition) is 3. The van der Waals surface area contributed by atoms with Crippen LogP contribution in [0.2, 0.25) is 0 Å². The molecule has 0 saturated carbocycles. The van der Waals surface area contributed by atoms with E-state index < -0.39 is 0 Å². The SMILES string of the molecule is C[C@@H](N)c1cccc(OCc2cccs2)c1. The first-order valence-electron chi connectivity index (χ1n) is 5.26. The predicted molar refractivity (Wildman–Crippen MR) is 67.7 cm³/mol. The number of ether oxygens (including phenoxy) is 1. The van der Waals surface area contributed by atoms with Gasteiger partial charge in [-0.25, -0.2) is 0 Å². The molecule has 1 heterocycles. The average molecular weight is 233 g/mol. The van der Waals surface area contributed by atoms with Gasteiger partial charge in [-0.05, 0) is 36.1 Å². The monoisotopic (exact) mass is 233 g/mol. The van der Waals surface area contributed by atoms with E-state index in [0.29, 0.717) is 6.61 Å². The van der Waals surface area contributed by atoms with Crippen LogP contribution in [0, 0.1) is 0 Å².